The first-order chi connectivity index (χ1) is 10.7. The summed E-state index contributed by atoms with van der Waals surface area (Å²) in [6.45, 7) is 6.08. The first-order valence-electron chi connectivity index (χ1n) is 7.94. The third-order valence-electron chi connectivity index (χ3n) is 4.21. The van der Waals surface area contributed by atoms with Gasteiger partial charge in [-0.3, -0.25) is 15.0 Å². The lowest BCUT2D eigenvalue weighted by Crippen LogP contribution is -2.45. The highest BCUT2D eigenvalue weighted by atomic mass is 16.6. The van der Waals surface area contributed by atoms with Gasteiger partial charge in [0.2, 0.25) is 0 Å². The lowest BCUT2D eigenvalue weighted by Gasteiger charge is -2.35. The summed E-state index contributed by atoms with van der Waals surface area (Å²) in [4.78, 5) is 13.3. The van der Waals surface area contributed by atoms with Crippen molar-refractivity contribution in [3.05, 3.63) is 33.9 Å². The summed E-state index contributed by atoms with van der Waals surface area (Å²) in [5.74, 6) is 0.323. The molecule has 22 heavy (non-hydrogen) atoms. The van der Waals surface area contributed by atoms with Crippen molar-refractivity contribution in [2.45, 2.75) is 32.2 Å². The molecule has 2 rings (SSSR count). The van der Waals surface area contributed by atoms with Crippen molar-refractivity contribution in [2.24, 2.45) is 0 Å². The van der Waals surface area contributed by atoms with Crippen LogP contribution in [0.4, 0.5) is 5.69 Å². The van der Waals surface area contributed by atoms with E-state index < -0.39 is 0 Å². The maximum absolute atomic E-state index is 11.2. The van der Waals surface area contributed by atoms with Crippen LogP contribution in [-0.2, 0) is 0 Å². The van der Waals surface area contributed by atoms with Crippen molar-refractivity contribution in [1.82, 2.24) is 10.2 Å². The van der Waals surface area contributed by atoms with E-state index in [2.05, 4.69) is 17.1 Å². The lowest BCUT2D eigenvalue weighted by atomic mass is 9.98. The van der Waals surface area contributed by atoms with Crippen molar-refractivity contribution < 1.29 is 9.66 Å². The number of hydrogen-bond donors (Lipinski definition) is 1. The van der Waals surface area contributed by atoms with Gasteiger partial charge in [-0.2, -0.15) is 0 Å². The van der Waals surface area contributed by atoms with Gasteiger partial charge in [0.05, 0.1) is 12.0 Å². The van der Waals surface area contributed by atoms with Gasteiger partial charge < -0.3 is 10.1 Å². The third-order valence-corrected chi connectivity index (χ3v) is 4.21. The maximum atomic E-state index is 11.2. The van der Waals surface area contributed by atoms with Crippen molar-refractivity contribution in [3.63, 3.8) is 0 Å². The van der Waals surface area contributed by atoms with Gasteiger partial charge in [-0.15, -0.1) is 0 Å². The van der Waals surface area contributed by atoms with Crippen LogP contribution in [0, 0.1) is 10.1 Å². The average molecular weight is 307 g/mol. The van der Waals surface area contributed by atoms with E-state index >= 15 is 0 Å². The molecule has 0 spiro atoms. The number of nitro groups is 1. The van der Waals surface area contributed by atoms with Crippen LogP contribution in [-0.4, -0.2) is 43.1 Å². The summed E-state index contributed by atoms with van der Waals surface area (Å²) in [5.41, 5.74) is 1.07. The fourth-order valence-electron chi connectivity index (χ4n) is 3.01. The monoisotopic (exact) mass is 307 g/mol. The zero-order valence-corrected chi connectivity index (χ0v) is 13.4. The Bertz CT molecular complexity index is 501. The van der Waals surface area contributed by atoms with Crippen LogP contribution in [0.3, 0.4) is 0 Å². The molecule has 0 unspecified atom stereocenters. The number of unbranched alkanes of at least 4 members (excludes halogenated alkanes) is 1. The molecule has 122 valence electrons. The molecule has 6 heteroatoms. The predicted octanol–water partition coefficient (Wildman–Crippen LogP) is 2.74. The van der Waals surface area contributed by atoms with Crippen molar-refractivity contribution in [3.8, 4) is 5.75 Å². The minimum Gasteiger partial charge on any atom is -0.490 e. The van der Waals surface area contributed by atoms with Crippen molar-refractivity contribution in [1.29, 1.82) is 0 Å². The molecule has 1 heterocycles. The first-order valence-corrected chi connectivity index (χ1v) is 7.94. The van der Waals surface area contributed by atoms with Crippen molar-refractivity contribution >= 4 is 5.69 Å². The maximum Gasteiger partial charge on any atom is 0.311 e. The van der Waals surface area contributed by atoms with E-state index in [1.54, 1.807) is 12.1 Å². The van der Waals surface area contributed by atoms with E-state index in [4.69, 9.17) is 4.74 Å². The molecule has 1 fully saturated rings. The molecule has 0 aliphatic carbocycles. The smallest absolute Gasteiger partial charge is 0.311 e. The highest BCUT2D eigenvalue weighted by Gasteiger charge is 2.25. The molecule has 0 saturated carbocycles. The second-order valence-electron chi connectivity index (χ2n) is 5.63. The number of ether oxygens (including phenoxy) is 1. The summed E-state index contributed by atoms with van der Waals surface area (Å²) >= 11 is 0. The normalized spacial score (nSPS) is 17.2. The Morgan fingerprint density at radius 3 is 2.73 bits per heavy atom. The quantitative estimate of drug-likeness (QED) is 0.619. The van der Waals surface area contributed by atoms with E-state index in [0.29, 0.717) is 5.75 Å². The topological polar surface area (TPSA) is 67.6 Å². The highest BCUT2D eigenvalue weighted by Crippen LogP contribution is 2.34. The fraction of sp³-hybridized carbons (Fsp3) is 0.625. The van der Waals surface area contributed by atoms with Gasteiger partial charge in [-0.25, -0.2) is 0 Å². The van der Waals surface area contributed by atoms with E-state index in [-0.39, 0.29) is 16.7 Å². The highest BCUT2D eigenvalue weighted by molar-refractivity contribution is 5.49. The number of hydrogen-bond acceptors (Lipinski definition) is 5. The number of piperazine rings is 1. The molecular formula is C16H25N3O3. The number of nitrogens with one attached hydrogen (secondary N) is 1. The second-order valence-corrected chi connectivity index (χ2v) is 5.63. The van der Waals surface area contributed by atoms with Crippen LogP contribution in [0.5, 0.6) is 5.75 Å². The molecule has 0 radical (unpaired) electrons. The Balaban J connectivity index is 2.29. The van der Waals surface area contributed by atoms with Gasteiger partial charge >= 0.3 is 5.69 Å². The van der Waals surface area contributed by atoms with E-state index in [1.165, 1.54) is 7.11 Å². The van der Waals surface area contributed by atoms with Crippen molar-refractivity contribution in [2.75, 3.05) is 33.3 Å². The zero-order valence-electron chi connectivity index (χ0n) is 13.4. The molecule has 0 aromatic heterocycles. The molecule has 1 atom stereocenters. The van der Waals surface area contributed by atoms with Crippen LogP contribution in [0.25, 0.3) is 0 Å². The Labute approximate surface area is 131 Å². The first kappa shape index (κ1) is 16.7. The lowest BCUT2D eigenvalue weighted by molar-refractivity contribution is -0.385. The minimum atomic E-state index is -0.364. The zero-order chi connectivity index (χ0) is 15.9. The minimum absolute atomic E-state index is 0.0524. The molecule has 1 aliphatic heterocycles. The number of rotatable bonds is 7. The van der Waals surface area contributed by atoms with Crippen LogP contribution in [0.1, 0.15) is 37.8 Å². The number of nitrogens with zero attached hydrogens (tertiary/aromatic N) is 2. The number of benzene rings is 1. The van der Waals surface area contributed by atoms with Gasteiger partial charge in [0.15, 0.2) is 5.75 Å². The van der Waals surface area contributed by atoms with Gasteiger partial charge in [0, 0.05) is 38.3 Å². The summed E-state index contributed by atoms with van der Waals surface area (Å²) < 4.78 is 5.10. The summed E-state index contributed by atoms with van der Waals surface area (Å²) in [6.07, 6.45) is 3.27. The molecule has 0 bridgehead atoms. The van der Waals surface area contributed by atoms with E-state index in [9.17, 15) is 10.1 Å². The average Bonchev–Trinajstić information content (AvgIpc) is 2.56. The van der Waals surface area contributed by atoms with E-state index in [1.807, 2.05) is 6.07 Å². The fourth-order valence-corrected chi connectivity index (χ4v) is 3.01. The van der Waals surface area contributed by atoms with E-state index in [0.717, 1.165) is 51.0 Å². The number of methoxy groups -OCH3 is 1. The van der Waals surface area contributed by atoms with Crippen LogP contribution in [0.2, 0.25) is 0 Å². The third kappa shape index (κ3) is 3.96. The molecular weight excluding hydrogens is 282 g/mol. The van der Waals surface area contributed by atoms with Gasteiger partial charge in [0.25, 0.3) is 0 Å². The SMILES string of the molecule is CCCC[C@@H](c1ccc(OC)c([N+](=O)[O-])c1)N1CCNCC1. The van der Waals surface area contributed by atoms with Crippen LogP contribution < -0.4 is 10.1 Å². The van der Waals surface area contributed by atoms with Crippen LogP contribution >= 0.6 is 0 Å². The summed E-state index contributed by atoms with van der Waals surface area (Å²) in [6, 6.07) is 5.61. The number of nitro benzene ring substituents is 1. The standard InChI is InChI=1S/C16H25N3O3/c1-3-4-5-14(18-10-8-17-9-11-18)13-6-7-16(22-2)15(12-13)19(20)21/h6-7,12,14,17H,3-5,8-11H2,1-2H3/t14-/m0/s1. The molecule has 0 amide bonds. The molecule has 1 aromatic rings. The predicted molar refractivity (Wildman–Crippen MR) is 86.4 cm³/mol. The largest absolute Gasteiger partial charge is 0.490 e. The van der Waals surface area contributed by atoms with Gasteiger partial charge in [-0.1, -0.05) is 25.8 Å². The Morgan fingerprint density at radius 1 is 1.41 bits per heavy atom. The second kappa shape index (κ2) is 8.10. The molecule has 1 N–H and O–H groups in total. The summed E-state index contributed by atoms with van der Waals surface area (Å²) in [7, 11) is 1.47. The molecule has 1 saturated heterocycles. The Hall–Kier alpha value is -1.66. The Morgan fingerprint density at radius 2 is 2.14 bits per heavy atom. The summed E-state index contributed by atoms with van der Waals surface area (Å²) in [5, 5.41) is 14.6. The molecule has 1 aliphatic rings. The van der Waals surface area contributed by atoms with Crippen LogP contribution in [0.15, 0.2) is 18.2 Å². The Kier molecular flexibility index (Phi) is 6.15. The molecule has 6 nitrogen and oxygen atoms in total. The van der Waals surface area contributed by atoms with Gasteiger partial charge in [-0.05, 0) is 18.1 Å². The molecule has 1 aromatic carbocycles. The van der Waals surface area contributed by atoms with Gasteiger partial charge in [0.1, 0.15) is 0 Å².